The molecule has 84 valence electrons. The molecule has 0 fully saturated rings. The summed E-state index contributed by atoms with van der Waals surface area (Å²) < 4.78 is 0. The number of hydrogen-bond donors (Lipinski definition) is 0. The lowest BCUT2D eigenvalue weighted by Gasteiger charge is -2.02. The van der Waals surface area contributed by atoms with Crippen molar-refractivity contribution in [3.8, 4) is 11.1 Å². The Kier molecular flexibility index (Phi) is 3.35. The fourth-order valence-electron chi connectivity index (χ4n) is 1.56. The molecule has 17 heavy (non-hydrogen) atoms. The van der Waals surface area contributed by atoms with Crippen LogP contribution < -0.4 is 0 Å². The topological polar surface area (TPSA) is 34.1 Å². The molecule has 0 spiro atoms. The average Bonchev–Trinajstić information content (AvgIpc) is 2.39. The second kappa shape index (κ2) is 4.93. The fourth-order valence-corrected chi connectivity index (χ4v) is 1.67. The summed E-state index contributed by atoms with van der Waals surface area (Å²) in [6.45, 7) is 0. The maximum Gasteiger partial charge on any atom is 0.293 e. The summed E-state index contributed by atoms with van der Waals surface area (Å²) >= 11 is 5.13. The monoisotopic (exact) mass is 244 g/mol. The smallest absolute Gasteiger partial charge is 0.284 e. The van der Waals surface area contributed by atoms with Gasteiger partial charge in [-0.25, -0.2) is 0 Å². The molecule has 0 aliphatic rings. The Hall–Kier alpha value is -1.93. The van der Waals surface area contributed by atoms with E-state index in [9.17, 15) is 9.59 Å². The Morgan fingerprint density at radius 1 is 0.765 bits per heavy atom. The van der Waals surface area contributed by atoms with Gasteiger partial charge in [0.05, 0.1) is 0 Å². The molecule has 0 saturated carbocycles. The Labute approximate surface area is 104 Å². The zero-order valence-corrected chi connectivity index (χ0v) is 9.65. The second-order valence-corrected chi connectivity index (χ2v) is 3.89. The molecule has 2 aromatic carbocycles. The summed E-state index contributed by atoms with van der Waals surface area (Å²) in [7, 11) is 0. The summed E-state index contributed by atoms with van der Waals surface area (Å²) in [5, 5.41) is -0.961. The lowest BCUT2D eigenvalue weighted by molar-refractivity contribution is -0.108. The molecule has 0 radical (unpaired) electrons. The van der Waals surface area contributed by atoms with Gasteiger partial charge in [0.15, 0.2) is 0 Å². The van der Waals surface area contributed by atoms with Crippen molar-refractivity contribution in [1.82, 2.24) is 0 Å². The highest BCUT2D eigenvalue weighted by atomic mass is 35.5. The number of ketones is 1. The number of carbonyl (C=O) groups excluding carboxylic acids is 2. The molecule has 2 rings (SSSR count). The Morgan fingerprint density at radius 2 is 1.29 bits per heavy atom. The standard InChI is InChI=1S/C14H9ClO2/c15-14(17)13(16)12-8-6-11(7-9-12)10-4-2-1-3-5-10/h1-9H. The molecular formula is C14H9ClO2. The minimum atomic E-state index is -0.961. The van der Waals surface area contributed by atoms with E-state index in [1.165, 1.54) is 0 Å². The van der Waals surface area contributed by atoms with Crippen LogP contribution in [0.15, 0.2) is 54.6 Å². The van der Waals surface area contributed by atoms with Crippen LogP contribution in [0.1, 0.15) is 10.4 Å². The Bertz CT molecular complexity index is 544. The van der Waals surface area contributed by atoms with Gasteiger partial charge in [-0.15, -0.1) is 0 Å². The van der Waals surface area contributed by atoms with Crippen LogP contribution in [0.5, 0.6) is 0 Å². The number of carbonyl (C=O) groups is 2. The summed E-state index contributed by atoms with van der Waals surface area (Å²) in [4.78, 5) is 22.0. The largest absolute Gasteiger partial charge is 0.293 e. The molecule has 2 nitrogen and oxygen atoms in total. The van der Waals surface area contributed by atoms with E-state index >= 15 is 0 Å². The molecule has 0 amide bonds. The van der Waals surface area contributed by atoms with Gasteiger partial charge in [0.25, 0.3) is 5.24 Å². The van der Waals surface area contributed by atoms with Gasteiger partial charge in [0, 0.05) is 5.56 Å². The van der Waals surface area contributed by atoms with Crippen molar-refractivity contribution in [2.45, 2.75) is 0 Å². The van der Waals surface area contributed by atoms with Gasteiger partial charge >= 0.3 is 0 Å². The first-order valence-electron chi connectivity index (χ1n) is 5.08. The Balaban J connectivity index is 2.31. The zero-order chi connectivity index (χ0) is 12.3. The molecule has 0 atom stereocenters. The van der Waals surface area contributed by atoms with Crippen molar-refractivity contribution in [2.24, 2.45) is 0 Å². The normalized spacial score (nSPS) is 9.94. The summed E-state index contributed by atoms with van der Waals surface area (Å²) in [6, 6.07) is 16.6. The number of halogens is 1. The molecule has 0 N–H and O–H groups in total. The van der Waals surface area contributed by atoms with E-state index in [-0.39, 0.29) is 0 Å². The van der Waals surface area contributed by atoms with Crippen LogP contribution in [0.2, 0.25) is 0 Å². The average molecular weight is 245 g/mol. The number of Topliss-reactive ketones (excluding diaryl/α,β-unsaturated/α-hetero) is 1. The summed E-state index contributed by atoms with van der Waals surface area (Å²) in [6.07, 6.45) is 0. The third-order valence-corrected chi connectivity index (χ3v) is 2.60. The van der Waals surface area contributed by atoms with Crippen LogP contribution in [-0.4, -0.2) is 11.0 Å². The molecule has 0 aliphatic heterocycles. The van der Waals surface area contributed by atoms with Crippen LogP contribution in [0.4, 0.5) is 0 Å². The van der Waals surface area contributed by atoms with E-state index in [1.807, 2.05) is 30.3 Å². The minimum absolute atomic E-state index is 0.310. The molecule has 0 bridgehead atoms. The van der Waals surface area contributed by atoms with Gasteiger partial charge < -0.3 is 0 Å². The quantitative estimate of drug-likeness (QED) is 0.472. The van der Waals surface area contributed by atoms with Crippen molar-refractivity contribution in [3.63, 3.8) is 0 Å². The van der Waals surface area contributed by atoms with E-state index in [2.05, 4.69) is 0 Å². The molecule has 0 unspecified atom stereocenters. The van der Waals surface area contributed by atoms with Gasteiger partial charge in [-0.3, -0.25) is 9.59 Å². The van der Waals surface area contributed by atoms with E-state index in [0.717, 1.165) is 11.1 Å². The molecule has 0 aliphatic carbocycles. The Morgan fingerprint density at radius 3 is 1.82 bits per heavy atom. The van der Waals surface area contributed by atoms with Crippen LogP contribution in [-0.2, 0) is 4.79 Å². The molecule has 0 aromatic heterocycles. The zero-order valence-electron chi connectivity index (χ0n) is 8.89. The van der Waals surface area contributed by atoms with Crippen LogP contribution in [0, 0.1) is 0 Å². The van der Waals surface area contributed by atoms with Crippen LogP contribution in [0.25, 0.3) is 11.1 Å². The van der Waals surface area contributed by atoms with Gasteiger partial charge in [-0.1, -0.05) is 54.6 Å². The minimum Gasteiger partial charge on any atom is -0.284 e. The molecule has 3 heteroatoms. The van der Waals surface area contributed by atoms with Gasteiger partial charge in [0.1, 0.15) is 0 Å². The van der Waals surface area contributed by atoms with E-state index in [4.69, 9.17) is 11.6 Å². The van der Waals surface area contributed by atoms with Crippen molar-refractivity contribution >= 4 is 22.6 Å². The number of rotatable bonds is 3. The van der Waals surface area contributed by atoms with Gasteiger partial charge in [-0.05, 0) is 22.7 Å². The third kappa shape index (κ3) is 2.60. The van der Waals surface area contributed by atoms with Crippen molar-refractivity contribution in [1.29, 1.82) is 0 Å². The molecule has 0 heterocycles. The maximum atomic E-state index is 11.3. The van der Waals surface area contributed by atoms with Gasteiger partial charge in [0.2, 0.25) is 5.78 Å². The second-order valence-electron chi connectivity index (χ2n) is 3.55. The number of hydrogen-bond acceptors (Lipinski definition) is 2. The van der Waals surface area contributed by atoms with Crippen molar-refractivity contribution < 1.29 is 9.59 Å². The van der Waals surface area contributed by atoms with E-state index in [1.54, 1.807) is 24.3 Å². The van der Waals surface area contributed by atoms with Crippen molar-refractivity contribution in [3.05, 3.63) is 60.2 Å². The highest BCUT2D eigenvalue weighted by Crippen LogP contribution is 2.19. The molecule has 2 aromatic rings. The SMILES string of the molecule is O=C(Cl)C(=O)c1ccc(-c2ccccc2)cc1. The van der Waals surface area contributed by atoms with Gasteiger partial charge in [-0.2, -0.15) is 0 Å². The lowest BCUT2D eigenvalue weighted by atomic mass is 10.0. The predicted molar refractivity (Wildman–Crippen MR) is 67.1 cm³/mol. The van der Waals surface area contributed by atoms with E-state index < -0.39 is 11.0 Å². The molecular weight excluding hydrogens is 236 g/mol. The summed E-state index contributed by atoms with van der Waals surface area (Å²) in [5.74, 6) is -0.675. The van der Waals surface area contributed by atoms with E-state index in [0.29, 0.717) is 5.56 Å². The highest BCUT2D eigenvalue weighted by molar-refractivity contribution is 6.83. The molecule has 0 saturated heterocycles. The first-order valence-corrected chi connectivity index (χ1v) is 5.46. The first kappa shape index (κ1) is 11.6. The van der Waals surface area contributed by atoms with Crippen LogP contribution >= 0.6 is 11.6 Å². The van der Waals surface area contributed by atoms with Crippen molar-refractivity contribution in [2.75, 3.05) is 0 Å². The van der Waals surface area contributed by atoms with Crippen LogP contribution in [0.3, 0.4) is 0 Å². The maximum absolute atomic E-state index is 11.3. The summed E-state index contributed by atoms with van der Waals surface area (Å²) in [5.41, 5.74) is 2.36. The lowest BCUT2D eigenvalue weighted by Crippen LogP contribution is -2.06. The third-order valence-electron chi connectivity index (χ3n) is 2.43. The predicted octanol–water partition coefficient (Wildman–Crippen LogP) is 3.30. The first-order chi connectivity index (χ1) is 8.18. The highest BCUT2D eigenvalue weighted by Gasteiger charge is 2.12. The number of benzene rings is 2. The fraction of sp³-hybridized carbons (Fsp3) is 0.